The molecule has 0 radical (unpaired) electrons. The fourth-order valence-electron chi connectivity index (χ4n) is 9.70. The van der Waals surface area contributed by atoms with Gasteiger partial charge in [-0.05, 0) is 112 Å². The van der Waals surface area contributed by atoms with E-state index in [0.717, 1.165) is 44.9 Å². The SMILES string of the molecule is CC(=O)O[C@H]1CC[C@@]2(C)C(CC(=O)[C@H]3[C@@H]4CC[C@H]([C@H](C)CCCC(C)(C)OC(C)=O)[C@@]4(C)CC[C@@H]32)C1. The van der Waals surface area contributed by atoms with Crippen LogP contribution in [0.1, 0.15) is 119 Å². The summed E-state index contributed by atoms with van der Waals surface area (Å²) in [6.07, 6.45) is 11.5. The third kappa shape index (κ3) is 5.14. The number of fused-ring (bicyclic) bond motifs is 5. The zero-order valence-corrected chi connectivity index (χ0v) is 23.9. The van der Waals surface area contributed by atoms with Crippen LogP contribution in [0.4, 0.5) is 0 Å². The topological polar surface area (TPSA) is 69.7 Å². The van der Waals surface area contributed by atoms with E-state index in [9.17, 15) is 14.4 Å². The van der Waals surface area contributed by atoms with Crippen molar-refractivity contribution in [2.24, 2.45) is 46.3 Å². The van der Waals surface area contributed by atoms with Crippen LogP contribution in [0, 0.1) is 46.3 Å². The second-order valence-electron chi connectivity index (χ2n) is 14.1. The van der Waals surface area contributed by atoms with Crippen molar-refractivity contribution in [3.05, 3.63) is 0 Å². The van der Waals surface area contributed by atoms with Gasteiger partial charge in [0, 0.05) is 26.2 Å². The lowest BCUT2D eigenvalue weighted by Gasteiger charge is -2.60. The first-order valence-electron chi connectivity index (χ1n) is 14.7. The number of Topliss-reactive ketones (excluding diaryl/α,β-unsaturated/α-hetero) is 1. The van der Waals surface area contributed by atoms with Crippen LogP contribution < -0.4 is 0 Å². The molecular weight excluding hydrogens is 452 g/mol. The average Bonchev–Trinajstić information content (AvgIpc) is 3.10. The molecule has 0 aromatic carbocycles. The van der Waals surface area contributed by atoms with Gasteiger partial charge < -0.3 is 9.47 Å². The first-order valence-corrected chi connectivity index (χ1v) is 14.7. The molecule has 0 bridgehead atoms. The lowest BCUT2D eigenvalue weighted by Crippen LogP contribution is -2.57. The summed E-state index contributed by atoms with van der Waals surface area (Å²) in [6, 6.07) is 0. The molecule has 4 aliphatic rings. The molecule has 0 heterocycles. The van der Waals surface area contributed by atoms with E-state index in [1.165, 1.54) is 33.1 Å². The summed E-state index contributed by atoms with van der Waals surface area (Å²) in [4.78, 5) is 36.7. The van der Waals surface area contributed by atoms with Crippen LogP contribution in [0.3, 0.4) is 0 Å². The predicted octanol–water partition coefficient (Wildman–Crippen LogP) is 6.90. The van der Waals surface area contributed by atoms with Gasteiger partial charge in [-0.1, -0.05) is 27.2 Å². The van der Waals surface area contributed by atoms with Gasteiger partial charge in [0.15, 0.2) is 0 Å². The van der Waals surface area contributed by atoms with Crippen LogP contribution in [0.25, 0.3) is 0 Å². The maximum absolute atomic E-state index is 13.7. The molecule has 0 amide bonds. The zero-order valence-electron chi connectivity index (χ0n) is 23.9. The molecule has 0 N–H and O–H groups in total. The molecule has 9 atom stereocenters. The number of esters is 2. The van der Waals surface area contributed by atoms with Gasteiger partial charge in [0.1, 0.15) is 17.5 Å². The normalized spacial score (nSPS) is 41.0. The Hall–Kier alpha value is -1.39. The zero-order chi connectivity index (χ0) is 26.5. The molecule has 204 valence electrons. The van der Waals surface area contributed by atoms with E-state index in [-0.39, 0.29) is 34.8 Å². The fourth-order valence-corrected chi connectivity index (χ4v) is 9.70. The number of hydrogen-bond donors (Lipinski definition) is 0. The van der Waals surface area contributed by atoms with E-state index in [4.69, 9.17) is 9.47 Å². The highest BCUT2D eigenvalue weighted by atomic mass is 16.6. The summed E-state index contributed by atoms with van der Waals surface area (Å²) in [5.41, 5.74) is 0.0447. The summed E-state index contributed by atoms with van der Waals surface area (Å²) in [5.74, 6) is 2.95. The molecule has 36 heavy (non-hydrogen) atoms. The largest absolute Gasteiger partial charge is 0.463 e. The van der Waals surface area contributed by atoms with Gasteiger partial charge in [-0.2, -0.15) is 0 Å². The highest BCUT2D eigenvalue weighted by Gasteiger charge is 2.63. The highest BCUT2D eigenvalue weighted by Crippen LogP contribution is 2.67. The minimum Gasteiger partial charge on any atom is -0.463 e. The molecule has 0 saturated heterocycles. The minimum absolute atomic E-state index is 0.0127. The van der Waals surface area contributed by atoms with E-state index >= 15 is 0 Å². The van der Waals surface area contributed by atoms with Gasteiger partial charge in [-0.15, -0.1) is 0 Å². The van der Waals surface area contributed by atoms with Crippen LogP contribution >= 0.6 is 0 Å². The highest BCUT2D eigenvalue weighted by molar-refractivity contribution is 5.83. The van der Waals surface area contributed by atoms with Gasteiger partial charge in [0.05, 0.1) is 0 Å². The lowest BCUT2D eigenvalue weighted by atomic mass is 9.44. The Morgan fingerprint density at radius 1 is 1.00 bits per heavy atom. The van der Waals surface area contributed by atoms with E-state index < -0.39 is 5.60 Å². The van der Waals surface area contributed by atoms with Crippen molar-refractivity contribution < 1.29 is 23.9 Å². The van der Waals surface area contributed by atoms with Gasteiger partial charge in [-0.25, -0.2) is 0 Å². The van der Waals surface area contributed by atoms with Gasteiger partial charge in [0.2, 0.25) is 0 Å². The molecule has 4 aliphatic carbocycles. The second-order valence-corrected chi connectivity index (χ2v) is 14.1. The summed E-state index contributed by atoms with van der Waals surface area (Å²) in [5, 5.41) is 0. The van der Waals surface area contributed by atoms with E-state index in [2.05, 4.69) is 20.8 Å². The van der Waals surface area contributed by atoms with Crippen LogP contribution in [-0.2, 0) is 23.9 Å². The third-order valence-electron chi connectivity index (χ3n) is 11.4. The summed E-state index contributed by atoms with van der Waals surface area (Å²) in [7, 11) is 0. The van der Waals surface area contributed by atoms with Gasteiger partial charge in [0.25, 0.3) is 0 Å². The predicted molar refractivity (Wildman–Crippen MR) is 140 cm³/mol. The summed E-state index contributed by atoms with van der Waals surface area (Å²) >= 11 is 0. The van der Waals surface area contributed by atoms with Crippen molar-refractivity contribution in [1.29, 1.82) is 0 Å². The number of ketones is 1. The van der Waals surface area contributed by atoms with Crippen molar-refractivity contribution in [2.75, 3.05) is 0 Å². The van der Waals surface area contributed by atoms with Crippen molar-refractivity contribution in [3.8, 4) is 0 Å². The molecule has 4 fully saturated rings. The Bertz CT molecular complexity index is 863. The minimum atomic E-state index is -0.402. The standard InChI is InChI=1S/C31H50O5/c1-19(9-8-14-29(4,5)36-21(3)33)24-10-11-25-28-26(13-16-31(24,25)7)30(6)15-12-23(35-20(2)32)17-22(30)18-27(28)34/h19,22-26,28H,8-18H2,1-7H3/t19-,22?,23+,24-,25+,26+,28+,30+,31-/m1/s1. The molecule has 0 aliphatic heterocycles. The first-order chi connectivity index (χ1) is 16.8. The second kappa shape index (κ2) is 10.1. The molecule has 4 rings (SSSR count). The number of carbonyl (C=O) groups excluding carboxylic acids is 3. The van der Waals surface area contributed by atoms with Crippen LogP contribution in [-0.4, -0.2) is 29.4 Å². The average molecular weight is 503 g/mol. The smallest absolute Gasteiger partial charge is 0.303 e. The molecule has 5 heteroatoms. The third-order valence-corrected chi connectivity index (χ3v) is 11.4. The van der Waals surface area contributed by atoms with Crippen molar-refractivity contribution >= 4 is 17.7 Å². The monoisotopic (exact) mass is 502 g/mol. The maximum Gasteiger partial charge on any atom is 0.303 e. The van der Waals surface area contributed by atoms with E-state index in [1.54, 1.807) is 0 Å². The first kappa shape index (κ1) is 27.6. The van der Waals surface area contributed by atoms with E-state index in [0.29, 0.717) is 41.8 Å². The number of ether oxygens (including phenoxy) is 2. The number of hydrogen-bond acceptors (Lipinski definition) is 5. The molecule has 4 saturated carbocycles. The molecular formula is C31H50O5. The maximum atomic E-state index is 13.7. The van der Waals surface area contributed by atoms with Crippen molar-refractivity contribution in [2.45, 2.75) is 131 Å². The molecule has 0 spiro atoms. The molecule has 1 unspecified atom stereocenters. The Kier molecular flexibility index (Phi) is 7.72. The Balaban J connectivity index is 1.42. The van der Waals surface area contributed by atoms with Gasteiger partial charge in [-0.3, -0.25) is 14.4 Å². The van der Waals surface area contributed by atoms with Crippen molar-refractivity contribution in [1.82, 2.24) is 0 Å². The van der Waals surface area contributed by atoms with Crippen molar-refractivity contribution in [3.63, 3.8) is 0 Å². The summed E-state index contributed by atoms with van der Waals surface area (Å²) in [6.45, 7) is 14.4. The lowest BCUT2D eigenvalue weighted by molar-refractivity contribution is -0.168. The van der Waals surface area contributed by atoms with Crippen LogP contribution in [0.2, 0.25) is 0 Å². The van der Waals surface area contributed by atoms with Crippen LogP contribution in [0.15, 0.2) is 0 Å². The molecule has 0 aromatic heterocycles. The summed E-state index contributed by atoms with van der Waals surface area (Å²) < 4.78 is 11.1. The Morgan fingerprint density at radius 2 is 1.67 bits per heavy atom. The van der Waals surface area contributed by atoms with Crippen LogP contribution in [0.5, 0.6) is 0 Å². The molecule has 5 nitrogen and oxygen atoms in total. The number of carbonyl (C=O) groups is 3. The van der Waals surface area contributed by atoms with Gasteiger partial charge >= 0.3 is 11.9 Å². The molecule has 0 aromatic rings. The Morgan fingerprint density at radius 3 is 2.33 bits per heavy atom. The number of rotatable bonds is 7. The van der Waals surface area contributed by atoms with E-state index in [1.807, 2.05) is 13.8 Å². The Labute approximate surface area is 218 Å². The fraction of sp³-hybridized carbons (Fsp3) is 0.903. The quantitative estimate of drug-likeness (QED) is 0.354.